The van der Waals surface area contributed by atoms with Gasteiger partial charge in [-0.05, 0) is 76.3 Å². The highest BCUT2D eigenvalue weighted by Crippen LogP contribution is 2.39. The Labute approximate surface area is 293 Å². The molecule has 5 aromatic carbocycles. The summed E-state index contributed by atoms with van der Waals surface area (Å²) in [6.07, 6.45) is -0.474. The number of carbonyl (C=O) groups excluding carboxylic acids is 1. The molecule has 6 rings (SSSR count). The number of hydrogen-bond donors (Lipinski definition) is 3. The first-order chi connectivity index (χ1) is 24.2. The van der Waals surface area contributed by atoms with Crippen molar-refractivity contribution in [3.8, 4) is 11.1 Å². The zero-order valence-electron chi connectivity index (χ0n) is 28.5. The maximum atomic E-state index is 12.1. The molecule has 1 fully saturated rings. The number of likely N-dealkylation sites (N-methyl/N-ethyl adjacent to an activating group) is 1. The summed E-state index contributed by atoms with van der Waals surface area (Å²) in [6.45, 7) is 3.23. The van der Waals surface area contributed by atoms with Crippen LogP contribution >= 0.6 is 0 Å². The van der Waals surface area contributed by atoms with Crippen LogP contribution in [0.15, 0.2) is 115 Å². The van der Waals surface area contributed by atoms with Crippen LogP contribution in [0.2, 0.25) is 0 Å². The monoisotopic (exact) mass is 672 g/mol. The molecular weight excluding hydrogens is 628 g/mol. The van der Waals surface area contributed by atoms with Gasteiger partial charge in [0.2, 0.25) is 5.91 Å². The molecular formula is C42H44N2O6. The minimum atomic E-state index is -0.993. The van der Waals surface area contributed by atoms with Gasteiger partial charge < -0.3 is 25.0 Å². The number of rotatable bonds is 13. The highest BCUT2D eigenvalue weighted by molar-refractivity contribution is 5.83. The van der Waals surface area contributed by atoms with E-state index >= 15 is 0 Å². The number of carboxylic acids is 1. The predicted octanol–water partition coefficient (Wildman–Crippen LogP) is 7.72. The molecule has 0 spiro atoms. The van der Waals surface area contributed by atoms with Gasteiger partial charge in [0, 0.05) is 37.5 Å². The largest absolute Gasteiger partial charge is 0.481 e. The second-order valence-corrected chi connectivity index (χ2v) is 13.1. The lowest BCUT2D eigenvalue weighted by Gasteiger charge is -2.39. The van der Waals surface area contributed by atoms with Crippen molar-refractivity contribution >= 4 is 22.6 Å². The lowest BCUT2D eigenvalue weighted by molar-refractivity contribution is -0.253. The third-order valence-corrected chi connectivity index (χ3v) is 9.50. The summed E-state index contributed by atoms with van der Waals surface area (Å²) in [6, 6.07) is 39.3. The molecule has 0 saturated carbocycles. The van der Waals surface area contributed by atoms with Gasteiger partial charge in [0.25, 0.3) is 0 Å². The number of aliphatic hydroxyl groups is 1. The Bertz CT molecular complexity index is 1930. The molecule has 1 heterocycles. The van der Waals surface area contributed by atoms with Gasteiger partial charge in [-0.2, -0.15) is 0 Å². The minimum Gasteiger partial charge on any atom is -0.481 e. The number of aliphatic hydroxyl groups excluding tert-OH is 1. The second kappa shape index (κ2) is 16.2. The zero-order chi connectivity index (χ0) is 35.0. The van der Waals surface area contributed by atoms with Crippen molar-refractivity contribution in [2.75, 3.05) is 13.6 Å². The Morgan fingerprint density at radius 1 is 0.800 bits per heavy atom. The standard InChI is InChI=1S/C42H44N2O6/c1-28(33-18-17-31-8-3-4-9-35(31)22-33)44(2)26-38-24-39(32-15-13-29(27-45)14-16-32)50-42(49-38)37-12-6-11-36(23-37)34-10-5-7-30(21-34)25-43-40(46)19-20-41(47)48/h3-18,21-23,28,38-39,42,45H,19-20,24-27H2,1-2H3,(H,43,46)(H,47,48)/t28-,38+,39-,42-/m1/s1. The summed E-state index contributed by atoms with van der Waals surface area (Å²) in [5, 5.41) is 23.7. The first-order valence-corrected chi connectivity index (χ1v) is 17.1. The zero-order valence-corrected chi connectivity index (χ0v) is 28.5. The van der Waals surface area contributed by atoms with Gasteiger partial charge in [-0.3, -0.25) is 14.5 Å². The van der Waals surface area contributed by atoms with Crippen molar-refractivity contribution in [3.63, 3.8) is 0 Å². The van der Waals surface area contributed by atoms with Crippen LogP contribution in [-0.2, 0) is 32.2 Å². The summed E-state index contributed by atoms with van der Waals surface area (Å²) in [5.41, 5.74) is 6.94. The number of aliphatic carboxylic acids is 1. The fourth-order valence-corrected chi connectivity index (χ4v) is 6.47. The number of ether oxygens (including phenoxy) is 2. The SMILES string of the molecule is C[C@H](c1ccc2ccccc2c1)N(C)C[C@@H]1C[C@H](c2ccc(CO)cc2)O[C@H](c2cccc(-c3cccc(CNC(=O)CCC(=O)O)c3)c2)O1. The number of benzene rings is 5. The van der Waals surface area contributed by atoms with Gasteiger partial charge in [-0.1, -0.05) is 97.1 Å². The van der Waals surface area contributed by atoms with Crippen molar-refractivity contribution in [2.45, 2.75) is 63.9 Å². The molecule has 0 aliphatic carbocycles. The Morgan fingerprint density at radius 2 is 1.54 bits per heavy atom. The molecule has 0 unspecified atom stereocenters. The van der Waals surface area contributed by atoms with Crippen molar-refractivity contribution in [1.82, 2.24) is 10.2 Å². The summed E-state index contributed by atoms with van der Waals surface area (Å²) < 4.78 is 13.4. The van der Waals surface area contributed by atoms with Crippen LogP contribution in [0.4, 0.5) is 0 Å². The van der Waals surface area contributed by atoms with Crippen molar-refractivity contribution < 1.29 is 29.3 Å². The lowest BCUT2D eigenvalue weighted by atomic mass is 9.97. The van der Waals surface area contributed by atoms with E-state index in [1.807, 2.05) is 66.7 Å². The van der Waals surface area contributed by atoms with Gasteiger partial charge in [0.05, 0.1) is 25.2 Å². The van der Waals surface area contributed by atoms with E-state index in [-0.39, 0.29) is 43.6 Å². The topological polar surface area (TPSA) is 108 Å². The maximum absolute atomic E-state index is 12.1. The average Bonchev–Trinajstić information content (AvgIpc) is 3.15. The summed E-state index contributed by atoms with van der Waals surface area (Å²) >= 11 is 0. The fourth-order valence-electron chi connectivity index (χ4n) is 6.47. The average molecular weight is 673 g/mol. The highest BCUT2D eigenvalue weighted by atomic mass is 16.7. The molecule has 3 N–H and O–H groups in total. The third-order valence-electron chi connectivity index (χ3n) is 9.50. The molecule has 8 nitrogen and oxygen atoms in total. The van der Waals surface area contributed by atoms with E-state index in [2.05, 4.69) is 72.7 Å². The van der Waals surface area contributed by atoms with Gasteiger partial charge in [-0.15, -0.1) is 0 Å². The molecule has 1 aliphatic rings. The van der Waals surface area contributed by atoms with Gasteiger partial charge in [-0.25, -0.2) is 0 Å². The van der Waals surface area contributed by atoms with E-state index in [9.17, 15) is 14.7 Å². The Morgan fingerprint density at radius 3 is 2.30 bits per heavy atom. The highest BCUT2D eigenvalue weighted by Gasteiger charge is 2.33. The third kappa shape index (κ3) is 8.83. The number of nitrogens with one attached hydrogen (secondary N) is 1. The van der Waals surface area contributed by atoms with E-state index in [4.69, 9.17) is 14.6 Å². The Kier molecular flexibility index (Phi) is 11.4. The molecule has 0 bridgehead atoms. The van der Waals surface area contributed by atoms with Gasteiger partial charge in [0.1, 0.15) is 0 Å². The molecule has 50 heavy (non-hydrogen) atoms. The fraction of sp³-hybridized carbons (Fsp3) is 0.286. The molecule has 4 atom stereocenters. The lowest BCUT2D eigenvalue weighted by Crippen LogP contribution is -2.38. The van der Waals surface area contributed by atoms with Crippen molar-refractivity contribution in [2.24, 2.45) is 0 Å². The number of amides is 1. The van der Waals surface area contributed by atoms with E-state index in [0.717, 1.165) is 33.4 Å². The summed E-state index contributed by atoms with van der Waals surface area (Å²) in [7, 11) is 2.14. The van der Waals surface area contributed by atoms with Crippen LogP contribution in [0, 0.1) is 0 Å². The molecule has 5 aromatic rings. The van der Waals surface area contributed by atoms with Crippen LogP contribution in [0.5, 0.6) is 0 Å². The number of hydrogen-bond acceptors (Lipinski definition) is 6. The molecule has 0 aromatic heterocycles. The maximum Gasteiger partial charge on any atom is 0.303 e. The van der Waals surface area contributed by atoms with Crippen LogP contribution < -0.4 is 5.32 Å². The molecule has 1 amide bonds. The number of carboxylic acid groups (broad SMARTS) is 1. The molecule has 1 aliphatic heterocycles. The minimum absolute atomic E-state index is 0.0112. The van der Waals surface area contributed by atoms with Crippen LogP contribution in [0.3, 0.4) is 0 Å². The van der Waals surface area contributed by atoms with E-state index in [1.165, 1.54) is 16.3 Å². The van der Waals surface area contributed by atoms with E-state index in [0.29, 0.717) is 19.5 Å². The van der Waals surface area contributed by atoms with Crippen LogP contribution in [-0.4, -0.2) is 46.7 Å². The Balaban J connectivity index is 1.20. The van der Waals surface area contributed by atoms with Gasteiger partial charge in [0.15, 0.2) is 6.29 Å². The van der Waals surface area contributed by atoms with E-state index in [1.54, 1.807) is 0 Å². The predicted molar refractivity (Wildman–Crippen MR) is 194 cm³/mol. The first-order valence-electron chi connectivity index (χ1n) is 17.1. The van der Waals surface area contributed by atoms with Crippen LogP contribution in [0.25, 0.3) is 21.9 Å². The second-order valence-electron chi connectivity index (χ2n) is 13.1. The normalized spacial score (nSPS) is 18.2. The first kappa shape index (κ1) is 35.0. The Hall–Kier alpha value is -4.86. The number of fused-ring (bicyclic) bond motifs is 1. The molecule has 258 valence electrons. The van der Waals surface area contributed by atoms with Crippen molar-refractivity contribution in [1.29, 1.82) is 0 Å². The molecule has 0 radical (unpaired) electrons. The molecule has 8 heteroatoms. The summed E-state index contributed by atoms with van der Waals surface area (Å²) in [5.74, 6) is -1.29. The van der Waals surface area contributed by atoms with E-state index < -0.39 is 12.3 Å². The van der Waals surface area contributed by atoms with Gasteiger partial charge >= 0.3 is 5.97 Å². The van der Waals surface area contributed by atoms with Crippen LogP contribution in [0.1, 0.15) is 72.4 Å². The number of carbonyl (C=O) groups is 2. The molecule has 1 saturated heterocycles. The summed E-state index contributed by atoms with van der Waals surface area (Å²) in [4.78, 5) is 25.2. The smallest absolute Gasteiger partial charge is 0.303 e. The quantitative estimate of drug-likeness (QED) is 0.118. The number of nitrogens with zero attached hydrogens (tertiary/aromatic N) is 1. The van der Waals surface area contributed by atoms with Crippen molar-refractivity contribution in [3.05, 3.63) is 143 Å².